The molecule has 0 spiro atoms. The van der Waals surface area contributed by atoms with Crippen molar-refractivity contribution in [3.05, 3.63) is 41.2 Å². The first-order chi connectivity index (χ1) is 14.6. The summed E-state index contributed by atoms with van der Waals surface area (Å²) in [6.07, 6.45) is 4.09. The quantitative estimate of drug-likeness (QED) is 0.682. The molecule has 1 saturated heterocycles. The number of methoxy groups -OCH3 is 1. The predicted octanol–water partition coefficient (Wildman–Crippen LogP) is 3.02. The number of ether oxygens (including phenoxy) is 2. The number of hydrogen-bond acceptors (Lipinski definition) is 6. The molecule has 0 aliphatic carbocycles. The molecule has 3 aliphatic heterocycles. The molecule has 0 bridgehead atoms. The lowest BCUT2D eigenvalue weighted by Crippen LogP contribution is -2.33. The number of rotatable bonds is 6. The van der Waals surface area contributed by atoms with E-state index >= 15 is 0 Å². The maximum atomic E-state index is 12.4. The molecule has 0 unspecified atom stereocenters. The zero-order chi connectivity index (χ0) is 20.8. The number of aryl methyl sites for hydroxylation is 1. The summed E-state index contributed by atoms with van der Waals surface area (Å²) in [6.45, 7) is 4.78. The number of aromatic nitrogens is 2. The Bertz CT molecular complexity index is 978. The Morgan fingerprint density at radius 3 is 2.93 bits per heavy atom. The van der Waals surface area contributed by atoms with Gasteiger partial charge >= 0.3 is 12.1 Å². The molecule has 8 nitrogen and oxygen atoms in total. The number of anilines is 2. The third kappa shape index (κ3) is 3.11. The number of nitrogens with zero attached hydrogens (tertiary/aromatic N) is 4. The SMILES string of the molecule is CCCn1cc2c(n1)CN(c1ccc3c(c1)C[C@H]1[C@H](CCC(=O)OC)OC(=O)N31)C2. The van der Waals surface area contributed by atoms with Crippen molar-refractivity contribution in [2.24, 2.45) is 0 Å². The van der Waals surface area contributed by atoms with Crippen molar-refractivity contribution in [3.8, 4) is 0 Å². The van der Waals surface area contributed by atoms with Crippen LogP contribution in [0, 0.1) is 0 Å². The van der Waals surface area contributed by atoms with Crippen molar-refractivity contribution in [2.45, 2.75) is 64.4 Å². The van der Waals surface area contributed by atoms with Crippen LogP contribution in [-0.2, 0) is 40.3 Å². The normalized spacial score (nSPS) is 21.5. The van der Waals surface area contributed by atoms with Gasteiger partial charge in [0.1, 0.15) is 6.10 Å². The topological polar surface area (TPSA) is 76.9 Å². The average molecular weight is 410 g/mol. The molecule has 158 valence electrons. The monoisotopic (exact) mass is 410 g/mol. The Morgan fingerprint density at radius 1 is 1.30 bits per heavy atom. The first kappa shape index (κ1) is 19.0. The van der Waals surface area contributed by atoms with Gasteiger partial charge in [0, 0.05) is 37.0 Å². The lowest BCUT2D eigenvalue weighted by molar-refractivity contribution is -0.141. The number of benzene rings is 1. The van der Waals surface area contributed by atoms with Gasteiger partial charge in [-0.05, 0) is 43.0 Å². The smallest absolute Gasteiger partial charge is 0.415 e. The number of esters is 1. The Morgan fingerprint density at radius 2 is 2.17 bits per heavy atom. The molecule has 0 N–H and O–H groups in total. The molecule has 1 aromatic carbocycles. The highest BCUT2D eigenvalue weighted by Gasteiger charge is 2.47. The Kier molecular flexibility index (Phi) is 4.64. The van der Waals surface area contributed by atoms with Crippen LogP contribution < -0.4 is 9.80 Å². The molecule has 8 heteroatoms. The minimum atomic E-state index is -0.326. The zero-order valence-corrected chi connectivity index (χ0v) is 17.3. The van der Waals surface area contributed by atoms with Crippen molar-refractivity contribution in [2.75, 3.05) is 16.9 Å². The average Bonchev–Trinajstić information content (AvgIpc) is 3.46. The third-order valence-electron chi connectivity index (χ3n) is 6.27. The van der Waals surface area contributed by atoms with Crippen molar-refractivity contribution in [3.63, 3.8) is 0 Å². The van der Waals surface area contributed by atoms with Gasteiger partial charge in [0.25, 0.3) is 0 Å². The summed E-state index contributed by atoms with van der Waals surface area (Å²) in [5.74, 6) is -0.281. The Balaban J connectivity index is 1.31. The second-order valence-electron chi connectivity index (χ2n) is 8.21. The van der Waals surface area contributed by atoms with Crippen molar-refractivity contribution in [1.29, 1.82) is 0 Å². The molecule has 1 fully saturated rings. The molecule has 4 heterocycles. The van der Waals surface area contributed by atoms with Crippen LogP contribution in [0.1, 0.15) is 43.0 Å². The van der Waals surface area contributed by atoms with Crippen LogP contribution in [-0.4, -0.2) is 41.1 Å². The Hall–Kier alpha value is -3.03. The van der Waals surface area contributed by atoms with Crippen LogP contribution in [0.5, 0.6) is 0 Å². The van der Waals surface area contributed by atoms with E-state index < -0.39 is 0 Å². The second kappa shape index (κ2) is 7.34. The van der Waals surface area contributed by atoms with E-state index in [1.165, 1.54) is 12.7 Å². The first-order valence-electron chi connectivity index (χ1n) is 10.6. The highest BCUT2D eigenvalue weighted by atomic mass is 16.6. The summed E-state index contributed by atoms with van der Waals surface area (Å²) >= 11 is 0. The standard InChI is InChI=1S/C22H26N4O4/c1-3-8-25-12-15-11-24(13-17(15)23-25)16-4-5-18-14(9-16)10-19-20(6-7-21(27)29-2)30-22(28)26(18)19/h4-5,9,12,19-20H,3,6-8,10-11,13H2,1-2H3/t19-,20-/m0/s1. The summed E-state index contributed by atoms with van der Waals surface area (Å²) in [6, 6.07) is 6.22. The maximum Gasteiger partial charge on any atom is 0.415 e. The molecule has 0 radical (unpaired) electrons. The van der Waals surface area contributed by atoms with Crippen LogP contribution in [0.3, 0.4) is 0 Å². The molecule has 3 aliphatic rings. The fourth-order valence-electron chi connectivity index (χ4n) is 4.81. The predicted molar refractivity (Wildman–Crippen MR) is 110 cm³/mol. The summed E-state index contributed by atoms with van der Waals surface area (Å²) in [5.41, 5.74) is 5.65. The molecular formula is C22H26N4O4. The largest absolute Gasteiger partial charge is 0.469 e. The van der Waals surface area contributed by atoms with Gasteiger partial charge in [-0.3, -0.25) is 14.4 Å². The molecule has 0 saturated carbocycles. The minimum Gasteiger partial charge on any atom is -0.469 e. The minimum absolute atomic E-state index is 0.0555. The van der Waals surface area contributed by atoms with Gasteiger partial charge in [-0.1, -0.05) is 6.92 Å². The highest BCUT2D eigenvalue weighted by molar-refractivity contribution is 5.94. The van der Waals surface area contributed by atoms with Gasteiger partial charge in [-0.2, -0.15) is 5.10 Å². The fourth-order valence-corrected chi connectivity index (χ4v) is 4.81. The lowest BCUT2D eigenvalue weighted by atomic mass is 10.0. The van der Waals surface area contributed by atoms with E-state index in [2.05, 4.69) is 30.2 Å². The van der Waals surface area contributed by atoms with E-state index in [9.17, 15) is 9.59 Å². The number of cyclic esters (lactones) is 1. The van der Waals surface area contributed by atoms with Crippen LogP contribution in [0.2, 0.25) is 0 Å². The molecule has 1 aromatic heterocycles. The van der Waals surface area contributed by atoms with Gasteiger partial charge < -0.3 is 14.4 Å². The molecule has 1 amide bonds. The van der Waals surface area contributed by atoms with E-state index in [-0.39, 0.29) is 30.6 Å². The van der Waals surface area contributed by atoms with Crippen molar-refractivity contribution >= 4 is 23.4 Å². The number of amides is 1. The third-order valence-corrected chi connectivity index (χ3v) is 6.27. The summed E-state index contributed by atoms with van der Waals surface area (Å²) in [5, 5.41) is 4.70. The lowest BCUT2D eigenvalue weighted by Gasteiger charge is -2.19. The van der Waals surface area contributed by atoms with Crippen LogP contribution >= 0.6 is 0 Å². The molecule has 5 rings (SSSR count). The number of hydrogen-bond donors (Lipinski definition) is 0. The van der Waals surface area contributed by atoms with E-state index in [0.29, 0.717) is 6.42 Å². The van der Waals surface area contributed by atoms with Gasteiger partial charge in [0.15, 0.2) is 0 Å². The van der Waals surface area contributed by atoms with Crippen LogP contribution in [0.4, 0.5) is 16.2 Å². The van der Waals surface area contributed by atoms with Gasteiger partial charge in [0.05, 0.1) is 31.1 Å². The summed E-state index contributed by atoms with van der Waals surface area (Å²) in [4.78, 5) is 28.0. The molecule has 2 aromatic rings. The van der Waals surface area contributed by atoms with E-state index in [0.717, 1.165) is 55.1 Å². The highest BCUT2D eigenvalue weighted by Crippen LogP contribution is 2.42. The second-order valence-corrected chi connectivity index (χ2v) is 8.21. The van der Waals surface area contributed by atoms with Gasteiger partial charge in [-0.25, -0.2) is 4.79 Å². The van der Waals surface area contributed by atoms with Crippen LogP contribution in [0.15, 0.2) is 24.4 Å². The first-order valence-corrected chi connectivity index (χ1v) is 10.6. The maximum absolute atomic E-state index is 12.4. The fraction of sp³-hybridized carbons (Fsp3) is 0.500. The van der Waals surface area contributed by atoms with Crippen molar-refractivity contribution < 1.29 is 19.1 Å². The van der Waals surface area contributed by atoms with E-state index in [1.54, 1.807) is 4.90 Å². The Labute approximate surface area is 175 Å². The zero-order valence-electron chi connectivity index (χ0n) is 17.3. The summed E-state index contributed by atoms with van der Waals surface area (Å²) in [7, 11) is 1.37. The number of carbonyl (C=O) groups excluding carboxylic acids is 2. The molecule has 30 heavy (non-hydrogen) atoms. The molecule has 2 atom stereocenters. The van der Waals surface area contributed by atoms with Gasteiger partial charge in [0.2, 0.25) is 0 Å². The van der Waals surface area contributed by atoms with Crippen molar-refractivity contribution in [1.82, 2.24) is 9.78 Å². The number of carbonyl (C=O) groups is 2. The van der Waals surface area contributed by atoms with Gasteiger partial charge in [-0.15, -0.1) is 0 Å². The van der Waals surface area contributed by atoms with E-state index in [4.69, 9.17) is 14.6 Å². The van der Waals surface area contributed by atoms with Crippen LogP contribution in [0.25, 0.3) is 0 Å². The molecular weight excluding hydrogens is 384 g/mol. The van der Waals surface area contributed by atoms with E-state index in [1.807, 2.05) is 10.7 Å². The summed E-state index contributed by atoms with van der Waals surface area (Å²) < 4.78 is 12.3. The number of fused-ring (bicyclic) bond motifs is 4.